The monoisotopic (exact) mass is 209 g/mol. The zero-order valence-corrected chi connectivity index (χ0v) is 9.24. The van der Waals surface area contributed by atoms with Crippen molar-refractivity contribution in [2.75, 3.05) is 20.3 Å². The molecule has 3 heteroatoms. The molecule has 0 heterocycles. The molecule has 0 amide bonds. The summed E-state index contributed by atoms with van der Waals surface area (Å²) < 4.78 is 10.6. The molecular weight excluding hydrogens is 190 g/mol. The van der Waals surface area contributed by atoms with Gasteiger partial charge in [-0.15, -0.1) is 0 Å². The Balaban J connectivity index is 2.30. The molecule has 0 saturated heterocycles. The third-order valence-corrected chi connectivity index (χ3v) is 2.19. The van der Waals surface area contributed by atoms with E-state index in [0.717, 1.165) is 37.4 Å². The zero-order chi connectivity index (χ0) is 10.9. The van der Waals surface area contributed by atoms with Crippen molar-refractivity contribution in [1.82, 2.24) is 0 Å². The maximum atomic E-state index is 5.64. The Morgan fingerprint density at radius 2 is 1.87 bits per heavy atom. The fourth-order valence-corrected chi connectivity index (χ4v) is 1.34. The van der Waals surface area contributed by atoms with E-state index in [4.69, 9.17) is 15.2 Å². The first kappa shape index (κ1) is 12.0. The van der Waals surface area contributed by atoms with Gasteiger partial charge in [-0.3, -0.25) is 0 Å². The van der Waals surface area contributed by atoms with Crippen molar-refractivity contribution in [3.05, 3.63) is 29.8 Å². The Labute approximate surface area is 91.2 Å². The molecule has 1 rings (SSSR count). The van der Waals surface area contributed by atoms with Crippen LogP contribution in [0.1, 0.15) is 18.4 Å². The SMILES string of the molecule is COCCCCOc1ccccc1CN. The van der Waals surface area contributed by atoms with Crippen LogP contribution in [0.3, 0.4) is 0 Å². The van der Waals surface area contributed by atoms with Gasteiger partial charge in [-0.1, -0.05) is 18.2 Å². The van der Waals surface area contributed by atoms with Crippen LogP contribution >= 0.6 is 0 Å². The number of hydrogen-bond acceptors (Lipinski definition) is 3. The predicted molar refractivity (Wildman–Crippen MR) is 60.9 cm³/mol. The highest BCUT2D eigenvalue weighted by atomic mass is 16.5. The summed E-state index contributed by atoms with van der Waals surface area (Å²) in [4.78, 5) is 0. The number of benzene rings is 1. The Kier molecular flexibility index (Phi) is 5.81. The number of rotatable bonds is 7. The predicted octanol–water partition coefficient (Wildman–Crippen LogP) is 1.95. The maximum Gasteiger partial charge on any atom is 0.123 e. The third kappa shape index (κ3) is 4.32. The summed E-state index contributed by atoms with van der Waals surface area (Å²) in [5.74, 6) is 0.900. The van der Waals surface area contributed by atoms with Crippen molar-refractivity contribution in [2.24, 2.45) is 5.73 Å². The molecule has 0 spiro atoms. The van der Waals surface area contributed by atoms with Crippen LogP contribution < -0.4 is 10.5 Å². The molecule has 0 atom stereocenters. The van der Waals surface area contributed by atoms with E-state index in [9.17, 15) is 0 Å². The lowest BCUT2D eigenvalue weighted by Crippen LogP contribution is -2.04. The van der Waals surface area contributed by atoms with Gasteiger partial charge in [0.25, 0.3) is 0 Å². The third-order valence-electron chi connectivity index (χ3n) is 2.19. The Morgan fingerprint density at radius 3 is 2.60 bits per heavy atom. The van der Waals surface area contributed by atoms with E-state index >= 15 is 0 Å². The van der Waals surface area contributed by atoms with Crippen LogP contribution in [0.4, 0.5) is 0 Å². The standard InChI is InChI=1S/C12H19NO2/c1-14-8-4-5-9-15-12-7-3-2-6-11(12)10-13/h2-3,6-7H,4-5,8-10,13H2,1H3. The summed E-state index contributed by atoms with van der Waals surface area (Å²) in [5.41, 5.74) is 6.66. The van der Waals surface area contributed by atoms with Gasteiger partial charge in [0.05, 0.1) is 6.61 Å². The van der Waals surface area contributed by atoms with Gasteiger partial charge in [0.1, 0.15) is 5.75 Å². The van der Waals surface area contributed by atoms with Crippen molar-refractivity contribution in [3.8, 4) is 5.75 Å². The average Bonchev–Trinajstić information content (AvgIpc) is 2.29. The molecule has 0 fully saturated rings. The fourth-order valence-electron chi connectivity index (χ4n) is 1.34. The second kappa shape index (κ2) is 7.26. The average molecular weight is 209 g/mol. The molecule has 0 unspecified atom stereocenters. The first-order chi connectivity index (χ1) is 7.38. The molecule has 2 N–H and O–H groups in total. The van der Waals surface area contributed by atoms with Gasteiger partial charge in [-0.25, -0.2) is 0 Å². The van der Waals surface area contributed by atoms with Crippen LogP contribution in [0.5, 0.6) is 5.75 Å². The van der Waals surface area contributed by atoms with Gasteiger partial charge in [0.2, 0.25) is 0 Å². The number of nitrogens with two attached hydrogens (primary N) is 1. The van der Waals surface area contributed by atoms with Crippen LogP contribution in [-0.4, -0.2) is 20.3 Å². The normalized spacial score (nSPS) is 10.3. The summed E-state index contributed by atoms with van der Waals surface area (Å²) >= 11 is 0. The molecule has 0 radical (unpaired) electrons. The van der Waals surface area contributed by atoms with E-state index in [1.807, 2.05) is 24.3 Å². The van der Waals surface area contributed by atoms with Crippen LogP contribution in [0.25, 0.3) is 0 Å². The van der Waals surface area contributed by atoms with Crippen molar-refractivity contribution >= 4 is 0 Å². The van der Waals surface area contributed by atoms with E-state index in [-0.39, 0.29) is 0 Å². The molecule has 3 nitrogen and oxygen atoms in total. The molecule has 1 aromatic carbocycles. The summed E-state index contributed by atoms with van der Waals surface area (Å²) in [6.07, 6.45) is 2.04. The Hall–Kier alpha value is -1.06. The maximum absolute atomic E-state index is 5.64. The molecule has 0 aliphatic rings. The molecule has 84 valence electrons. The van der Waals surface area contributed by atoms with Gasteiger partial charge < -0.3 is 15.2 Å². The second-order valence-corrected chi connectivity index (χ2v) is 3.36. The van der Waals surface area contributed by atoms with Crippen LogP contribution in [0.2, 0.25) is 0 Å². The van der Waals surface area contributed by atoms with Crippen molar-refractivity contribution in [2.45, 2.75) is 19.4 Å². The topological polar surface area (TPSA) is 44.5 Å². The van der Waals surface area contributed by atoms with Crippen molar-refractivity contribution in [3.63, 3.8) is 0 Å². The van der Waals surface area contributed by atoms with Gasteiger partial charge >= 0.3 is 0 Å². The lowest BCUT2D eigenvalue weighted by molar-refractivity contribution is 0.184. The van der Waals surface area contributed by atoms with Gasteiger partial charge in [-0.05, 0) is 18.9 Å². The largest absolute Gasteiger partial charge is 0.493 e. The molecule has 1 aromatic rings. The fraction of sp³-hybridized carbons (Fsp3) is 0.500. The van der Waals surface area contributed by atoms with E-state index in [1.54, 1.807) is 7.11 Å². The van der Waals surface area contributed by atoms with E-state index < -0.39 is 0 Å². The second-order valence-electron chi connectivity index (χ2n) is 3.36. The minimum atomic E-state index is 0.522. The lowest BCUT2D eigenvalue weighted by atomic mass is 10.2. The molecule has 0 aliphatic carbocycles. The molecule has 0 saturated carbocycles. The first-order valence-corrected chi connectivity index (χ1v) is 5.28. The lowest BCUT2D eigenvalue weighted by Gasteiger charge is -2.09. The first-order valence-electron chi connectivity index (χ1n) is 5.28. The quantitative estimate of drug-likeness (QED) is 0.698. The number of para-hydroxylation sites is 1. The van der Waals surface area contributed by atoms with E-state index in [0.29, 0.717) is 6.54 Å². The van der Waals surface area contributed by atoms with Crippen molar-refractivity contribution in [1.29, 1.82) is 0 Å². The molecule has 0 aliphatic heterocycles. The summed E-state index contributed by atoms with van der Waals surface area (Å²) in [5, 5.41) is 0. The molecule has 0 aromatic heterocycles. The van der Waals surface area contributed by atoms with Gasteiger partial charge in [-0.2, -0.15) is 0 Å². The summed E-state index contributed by atoms with van der Waals surface area (Å²) in [7, 11) is 1.71. The number of ether oxygens (including phenoxy) is 2. The molecule has 15 heavy (non-hydrogen) atoms. The molecule has 0 bridgehead atoms. The Bertz CT molecular complexity index is 276. The van der Waals surface area contributed by atoms with Crippen molar-refractivity contribution < 1.29 is 9.47 Å². The van der Waals surface area contributed by atoms with E-state index in [1.165, 1.54) is 0 Å². The number of unbranched alkanes of at least 4 members (excludes halogenated alkanes) is 1. The minimum Gasteiger partial charge on any atom is -0.493 e. The zero-order valence-electron chi connectivity index (χ0n) is 9.24. The molecular formula is C12H19NO2. The van der Waals surface area contributed by atoms with Crippen LogP contribution in [-0.2, 0) is 11.3 Å². The van der Waals surface area contributed by atoms with Crippen LogP contribution in [0, 0.1) is 0 Å². The highest BCUT2D eigenvalue weighted by Crippen LogP contribution is 2.17. The highest BCUT2D eigenvalue weighted by Gasteiger charge is 1.99. The Morgan fingerprint density at radius 1 is 1.13 bits per heavy atom. The van der Waals surface area contributed by atoms with Gasteiger partial charge in [0.15, 0.2) is 0 Å². The smallest absolute Gasteiger partial charge is 0.123 e. The van der Waals surface area contributed by atoms with E-state index in [2.05, 4.69) is 0 Å². The summed E-state index contributed by atoms with van der Waals surface area (Å²) in [6, 6.07) is 7.88. The minimum absolute atomic E-state index is 0.522. The van der Waals surface area contributed by atoms with Gasteiger partial charge in [0, 0.05) is 25.8 Å². The summed E-state index contributed by atoms with van der Waals surface area (Å²) in [6.45, 7) is 2.04. The highest BCUT2D eigenvalue weighted by molar-refractivity contribution is 5.32. The number of hydrogen-bond donors (Lipinski definition) is 1. The van der Waals surface area contributed by atoms with Crippen LogP contribution in [0.15, 0.2) is 24.3 Å². The number of methoxy groups -OCH3 is 1.